The van der Waals surface area contributed by atoms with E-state index in [-0.39, 0.29) is 23.4 Å². The number of esters is 1. The lowest BCUT2D eigenvalue weighted by molar-refractivity contribution is -0.155. The minimum absolute atomic E-state index is 0.0792. The number of nitrogens with zero attached hydrogens (tertiary/aromatic N) is 2. The van der Waals surface area contributed by atoms with Gasteiger partial charge in [0, 0.05) is 5.56 Å². The largest absolute Gasteiger partial charge is 0.460 e. The van der Waals surface area contributed by atoms with Crippen LogP contribution in [0.15, 0.2) is 27.9 Å². The fourth-order valence-corrected chi connectivity index (χ4v) is 3.19. The van der Waals surface area contributed by atoms with E-state index in [1.54, 1.807) is 33.8 Å². The molecule has 0 aliphatic carbocycles. The summed E-state index contributed by atoms with van der Waals surface area (Å²) in [5.74, 6) is -1.33. The summed E-state index contributed by atoms with van der Waals surface area (Å²) in [5.41, 5.74) is 6.67. The Kier molecular flexibility index (Phi) is 5.83. The van der Waals surface area contributed by atoms with Gasteiger partial charge in [0.15, 0.2) is 5.76 Å². The maximum absolute atomic E-state index is 13.0. The van der Waals surface area contributed by atoms with Crippen LogP contribution < -0.4 is 11.1 Å². The van der Waals surface area contributed by atoms with E-state index >= 15 is 0 Å². The van der Waals surface area contributed by atoms with Gasteiger partial charge in [0.25, 0.3) is 5.91 Å². The first kappa shape index (κ1) is 22.0. The van der Waals surface area contributed by atoms with Crippen LogP contribution in [0.1, 0.15) is 72.3 Å². The maximum atomic E-state index is 13.0. The predicted molar refractivity (Wildman–Crippen MR) is 110 cm³/mol. The van der Waals surface area contributed by atoms with E-state index in [0.717, 1.165) is 0 Å². The Bertz CT molecular complexity index is 1080. The number of hydrogen-bond donors (Lipinski definition) is 2. The number of rotatable bonds is 4. The van der Waals surface area contributed by atoms with E-state index in [1.165, 1.54) is 19.1 Å². The van der Waals surface area contributed by atoms with E-state index in [2.05, 4.69) is 15.6 Å². The first-order valence-corrected chi connectivity index (χ1v) is 9.61. The normalized spacial score (nSPS) is 16.0. The standard InChI is InChI=1S/C21H24N4O6/c1-10-17-13-7-6-12(20(28)31-25-11(2)22)8-14(13)19(27)23-15(18(17)30-24-10)9-16(26)29-21(3,4)5/h6-8,15H,9H2,1-5H3,(H2,22,25)(H,23,27). The van der Waals surface area contributed by atoms with Crippen LogP contribution in [0.5, 0.6) is 0 Å². The summed E-state index contributed by atoms with van der Waals surface area (Å²) in [6, 6.07) is 3.70. The molecule has 1 aliphatic heterocycles. The van der Waals surface area contributed by atoms with Gasteiger partial charge < -0.3 is 25.1 Å². The Balaban J connectivity index is 1.98. The lowest BCUT2D eigenvalue weighted by Gasteiger charge is -2.21. The quantitative estimate of drug-likeness (QED) is 0.248. The van der Waals surface area contributed by atoms with Gasteiger partial charge in [0.05, 0.1) is 23.2 Å². The monoisotopic (exact) mass is 428 g/mol. The van der Waals surface area contributed by atoms with Crippen molar-refractivity contribution in [3.63, 3.8) is 0 Å². The molecule has 1 unspecified atom stereocenters. The Hall–Kier alpha value is -3.69. The van der Waals surface area contributed by atoms with Crippen molar-refractivity contribution in [3.05, 3.63) is 40.8 Å². The number of nitrogens with one attached hydrogen (secondary N) is 1. The van der Waals surface area contributed by atoms with E-state index in [1.807, 2.05) is 0 Å². The zero-order valence-corrected chi connectivity index (χ0v) is 17.9. The van der Waals surface area contributed by atoms with Crippen LogP contribution in [0, 0.1) is 6.92 Å². The van der Waals surface area contributed by atoms with Crippen molar-refractivity contribution in [2.45, 2.75) is 52.7 Å². The number of carbonyl (C=O) groups is 3. The number of nitrogens with two attached hydrogens (primary N) is 1. The second-order valence-electron chi connectivity index (χ2n) is 8.20. The first-order valence-electron chi connectivity index (χ1n) is 9.61. The third-order valence-corrected chi connectivity index (χ3v) is 4.34. The van der Waals surface area contributed by atoms with E-state index < -0.39 is 29.5 Å². The molecule has 0 spiro atoms. The third kappa shape index (κ3) is 4.90. The summed E-state index contributed by atoms with van der Waals surface area (Å²) in [6.45, 7) is 8.47. The van der Waals surface area contributed by atoms with Gasteiger partial charge in [-0.05, 0) is 52.3 Å². The van der Waals surface area contributed by atoms with Gasteiger partial charge in [0.1, 0.15) is 17.5 Å². The molecule has 0 radical (unpaired) electrons. The molecular formula is C21H24N4O6. The second kappa shape index (κ2) is 8.21. The summed E-state index contributed by atoms with van der Waals surface area (Å²) in [7, 11) is 0. The number of amidine groups is 1. The second-order valence-corrected chi connectivity index (χ2v) is 8.20. The average molecular weight is 428 g/mol. The molecule has 0 bridgehead atoms. The molecule has 31 heavy (non-hydrogen) atoms. The van der Waals surface area contributed by atoms with Crippen molar-refractivity contribution in [3.8, 4) is 11.1 Å². The fourth-order valence-electron chi connectivity index (χ4n) is 3.19. The third-order valence-electron chi connectivity index (χ3n) is 4.34. The Morgan fingerprint density at radius 2 is 2.00 bits per heavy atom. The molecule has 2 aromatic rings. The molecule has 0 saturated carbocycles. The number of aromatic nitrogens is 1. The van der Waals surface area contributed by atoms with Gasteiger partial charge in [-0.15, -0.1) is 0 Å². The van der Waals surface area contributed by atoms with Gasteiger partial charge >= 0.3 is 11.9 Å². The van der Waals surface area contributed by atoms with Crippen LogP contribution >= 0.6 is 0 Å². The number of benzene rings is 1. The molecule has 1 aromatic carbocycles. The number of oxime groups is 1. The van der Waals surface area contributed by atoms with E-state index in [4.69, 9.17) is 19.8 Å². The van der Waals surface area contributed by atoms with Crippen molar-refractivity contribution in [1.29, 1.82) is 0 Å². The van der Waals surface area contributed by atoms with Crippen LogP contribution in [-0.2, 0) is 14.4 Å². The Labute approximate surface area is 178 Å². The number of ether oxygens (including phenoxy) is 1. The molecule has 0 fully saturated rings. The SMILES string of the molecule is CC(N)=NOC(=O)c1ccc2c(c1)C(=O)NC(CC(=O)OC(C)(C)C)c1onc(C)c1-2. The zero-order chi connectivity index (χ0) is 22.9. The summed E-state index contributed by atoms with van der Waals surface area (Å²) < 4.78 is 10.8. The molecule has 3 N–H and O–H groups in total. The van der Waals surface area contributed by atoms with Crippen molar-refractivity contribution in [1.82, 2.24) is 10.5 Å². The Morgan fingerprint density at radius 1 is 1.29 bits per heavy atom. The summed E-state index contributed by atoms with van der Waals surface area (Å²) in [6.07, 6.45) is -0.141. The van der Waals surface area contributed by atoms with Crippen molar-refractivity contribution < 1.29 is 28.5 Å². The van der Waals surface area contributed by atoms with Crippen LogP contribution in [0.3, 0.4) is 0 Å². The van der Waals surface area contributed by atoms with Gasteiger partial charge in [-0.25, -0.2) is 4.79 Å². The highest BCUT2D eigenvalue weighted by Crippen LogP contribution is 2.38. The predicted octanol–water partition coefficient (Wildman–Crippen LogP) is 2.62. The fraction of sp³-hybridized carbons (Fsp3) is 0.381. The highest BCUT2D eigenvalue weighted by Gasteiger charge is 2.34. The molecule has 10 heteroatoms. The summed E-state index contributed by atoms with van der Waals surface area (Å²) in [5, 5.41) is 10.2. The topological polar surface area (TPSA) is 146 Å². The number of fused-ring (bicyclic) bond motifs is 3. The van der Waals surface area contributed by atoms with E-state index in [9.17, 15) is 14.4 Å². The first-order chi connectivity index (χ1) is 14.5. The Morgan fingerprint density at radius 3 is 2.65 bits per heavy atom. The molecule has 164 valence electrons. The van der Waals surface area contributed by atoms with Crippen LogP contribution in [0.4, 0.5) is 0 Å². The molecule has 1 amide bonds. The molecule has 1 atom stereocenters. The number of hydrogen-bond acceptors (Lipinski definition) is 8. The molecule has 0 saturated heterocycles. The minimum Gasteiger partial charge on any atom is -0.460 e. The van der Waals surface area contributed by atoms with Crippen molar-refractivity contribution in [2.24, 2.45) is 10.9 Å². The van der Waals surface area contributed by atoms with E-state index in [0.29, 0.717) is 22.6 Å². The van der Waals surface area contributed by atoms with Crippen molar-refractivity contribution in [2.75, 3.05) is 0 Å². The molecule has 2 heterocycles. The lowest BCUT2D eigenvalue weighted by atomic mass is 9.95. The maximum Gasteiger partial charge on any atom is 0.365 e. The van der Waals surface area contributed by atoms with Gasteiger partial charge in [0.2, 0.25) is 0 Å². The zero-order valence-electron chi connectivity index (χ0n) is 17.9. The van der Waals surface area contributed by atoms with Crippen molar-refractivity contribution >= 4 is 23.7 Å². The van der Waals surface area contributed by atoms with Crippen LogP contribution in [0.2, 0.25) is 0 Å². The van der Waals surface area contributed by atoms with Gasteiger partial charge in [-0.3, -0.25) is 9.59 Å². The minimum atomic E-state index is -0.786. The van der Waals surface area contributed by atoms with Crippen LogP contribution in [-0.4, -0.2) is 34.4 Å². The molecule has 3 rings (SSSR count). The number of amides is 1. The lowest BCUT2D eigenvalue weighted by Crippen LogP contribution is -2.31. The molecule has 1 aromatic heterocycles. The van der Waals surface area contributed by atoms with Gasteiger partial charge in [-0.2, -0.15) is 0 Å². The smallest absolute Gasteiger partial charge is 0.365 e. The summed E-state index contributed by atoms with van der Waals surface area (Å²) in [4.78, 5) is 42.3. The van der Waals surface area contributed by atoms with Gasteiger partial charge in [-0.1, -0.05) is 16.4 Å². The number of aryl methyl sites for hydroxylation is 1. The van der Waals surface area contributed by atoms with Crippen LogP contribution in [0.25, 0.3) is 11.1 Å². The number of carbonyl (C=O) groups excluding carboxylic acids is 3. The summed E-state index contributed by atoms with van der Waals surface area (Å²) >= 11 is 0. The highest BCUT2D eigenvalue weighted by atomic mass is 16.7. The molecule has 1 aliphatic rings. The molecule has 10 nitrogen and oxygen atoms in total. The molecular weight excluding hydrogens is 404 g/mol. The average Bonchev–Trinajstić information content (AvgIpc) is 2.99. The highest BCUT2D eigenvalue weighted by molar-refractivity contribution is 6.05.